The van der Waals surface area contributed by atoms with E-state index in [1.54, 1.807) is 5.56 Å². The Morgan fingerprint density at radius 1 is 0.909 bits per heavy atom. The van der Waals surface area contributed by atoms with Crippen LogP contribution in [0.5, 0.6) is 0 Å². The summed E-state index contributed by atoms with van der Waals surface area (Å²) >= 11 is 0. The number of fused-ring (bicyclic) bond motifs is 6. The molecule has 2 unspecified atom stereocenters. The molecule has 0 amide bonds. The standard InChI is InChI=1S/C21H25N/c1-3-4-13-21-15-17-10-6-5-9-16(17)14-20(2,22-21)18-11-7-8-12-19(18)21/h5-12,22H,3-4,13-15H2,1-2H3. The normalized spacial score (nSPS) is 28.8. The molecule has 1 nitrogen and oxygen atoms in total. The number of nitrogens with one attached hydrogen (secondary N) is 1. The van der Waals surface area contributed by atoms with Crippen LogP contribution in [0, 0.1) is 0 Å². The quantitative estimate of drug-likeness (QED) is 0.865. The highest BCUT2D eigenvalue weighted by atomic mass is 15.1. The molecular formula is C21H25N. The second-order valence-electron chi connectivity index (χ2n) is 7.31. The Hall–Kier alpha value is -1.60. The van der Waals surface area contributed by atoms with Gasteiger partial charge >= 0.3 is 0 Å². The zero-order chi connectivity index (χ0) is 15.2. The van der Waals surface area contributed by atoms with Crippen molar-refractivity contribution in [3.63, 3.8) is 0 Å². The van der Waals surface area contributed by atoms with Crippen LogP contribution in [0.25, 0.3) is 0 Å². The molecule has 0 aliphatic carbocycles. The lowest BCUT2D eigenvalue weighted by atomic mass is 9.76. The van der Waals surface area contributed by atoms with Crippen molar-refractivity contribution in [3.8, 4) is 0 Å². The van der Waals surface area contributed by atoms with E-state index in [1.807, 2.05) is 0 Å². The Bertz CT molecular complexity index is 705. The molecule has 114 valence electrons. The van der Waals surface area contributed by atoms with E-state index in [0.717, 1.165) is 12.8 Å². The van der Waals surface area contributed by atoms with Crippen LogP contribution in [-0.4, -0.2) is 0 Å². The number of benzene rings is 2. The molecule has 0 fully saturated rings. The number of rotatable bonds is 3. The van der Waals surface area contributed by atoms with Crippen LogP contribution in [0.1, 0.15) is 55.4 Å². The van der Waals surface area contributed by atoms with Crippen LogP contribution in [0.4, 0.5) is 0 Å². The molecule has 1 heteroatoms. The van der Waals surface area contributed by atoms with Crippen LogP contribution in [0.2, 0.25) is 0 Å². The van der Waals surface area contributed by atoms with Crippen molar-refractivity contribution in [1.29, 1.82) is 0 Å². The van der Waals surface area contributed by atoms with Gasteiger partial charge in [0.1, 0.15) is 0 Å². The molecule has 0 spiro atoms. The van der Waals surface area contributed by atoms with E-state index in [1.165, 1.54) is 36.0 Å². The second-order valence-corrected chi connectivity index (χ2v) is 7.31. The summed E-state index contributed by atoms with van der Waals surface area (Å²) < 4.78 is 0. The molecule has 0 aromatic heterocycles. The fourth-order valence-corrected chi connectivity index (χ4v) is 4.70. The van der Waals surface area contributed by atoms with E-state index in [2.05, 4.69) is 67.7 Å². The van der Waals surface area contributed by atoms with Crippen molar-refractivity contribution in [2.45, 2.75) is 57.0 Å². The van der Waals surface area contributed by atoms with E-state index in [-0.39, 0.29) is 11.1 Å². The number of hydrogen-bond acceptors (Lipinski definition) is 1. The summed E-state index contributed by atoms with van der Waals surface area (Å²) in [4.78, 5) is 0. The van der Waals surface area contributed by atoms with Gasteiger partial charge in [-0.15, -0.1) is 0 Å². The first-order chi connectivity index (χ1) is 10.7. The smallest absolute Gasteiger partial charge is 0.0485 e. The van der Waals surface area contributed by atoms with Gasteiger partial charge in [-0.2, -0.15) is 0 Å². The van der Waals surface area contributed by atoms with E-state index in [0.29, 0.717) is 0 Å². The minimum atomic E-state index is 0.0664. The Kier molecular flexibility index (Phi) is 3.16. The summed E-state index contributed by atoms with van der Waals surface area (Å²) in [7, 11) is 0. The Labute approximate surface area is 133 Å². The molecule has 2 aliphatic rings. The molecule has 2 bridgehead atoms. The average molecular weight is 291 g/mol. The Balaban J connectivity index is 1.90. The van der Waals surface area contributed by atoms with Crippen molar-refractivity contribution < 1.29 is 0 Å². The number of unbranched alkanes of at least 4 members (excludes halogenated alkanes) is 1. The highest BCUT2D eigenvalue weighted by molar-refractivity contribution is 5.50. The minimum absolute atomic E-state index is 0.0664. The Morgan fingerprint density at radius 3 is 2.27 bits per heavy atom. The van der Waals surface area contributed by atoms with E-state index in [4.69, 9.17) is 0 Å². The van der Waals surface area contributed by atoms with E-state index >= 15 is 0 Å². The van der Waals surface area contributed by atoms with Gasteiger partial charge in [0.05, 0.1) is 0 Å². The maximum absolute atomic E-state index is 4.09. The first-order valence-electron chi connectivity index (χ1n) is 8.63. The summed E-state index contributed by atoms with van der Waals surface area (Å²) in [6.07, 6.45) is 5.97. The molecule has 4 rings (SSSR count). The van der Waals surface area contributed by atoms with E-state index in [9.17, 15) is 0 Å². The average Bonchev–Trinajstić information content (AvgIpc) is 2.68. The van der Waals surface area contributed by atoms with Gasteiger partial charge in [0.15, 0.2) is 0 Å². The summed E-state index contributed by atoms with van der Waals surface area (Å²) in [5, 5.41) is 4.09. The molecule has 2 aromatic carbocycles. The topological polar surface area (TPSA) is 12.0 Å². The van der Waals surface area contributed by atoms with Gasteiger partial charge in [-0.3, -0.25) is 5.32 Å². The monoisotopic (exact) mass is 291 g/mol. The third-order valence-electron chi connectivity index (χ3n) is 5.66. The largest absolute Gasteiger partial charge is 0.297 e. The molecule has 0 saturated heterocycles. The van der Waals surface area contributed by atoms with Gasteiger partial charge in [-0.05, 0) is 48.4 Å². The number of hydrogen-bond donors (Lipinski definition) is 1. The van der Waals surface area contributed by atoms with Gasteiger partial charge in [-0.25, -0.2) is 0 Å². The van der Waals surface area contributed by atoms with Crippen LogP contribution < -0.4 is 5.32 Å². The molecule has 2 heterocycles. The third-order valence-corrected chi connectivity index (χ3v) is 5.66. The van der Waals surface area contributed by atoms with Crippen LogP contribution in [-0.2, 0) is 23.9 Å². The molecule has 2 aliphatic heterocycles. The van der Waals surface area contributed by atoms with Gasteiger partial charge < -0.3 is 0 Å². The fourth-order valence-electron chi connectivity index (χ4n) is 4.70. The summed E-state index contributed by atoms with van der Waals surface area (Å²) in [6, 6.07) is 18.1. The van der Waals surface area contributed by atoms with Gasteiger partial charge in [0.2, 0.25) is 0 Å². The maximum Gasteiger partial charge on any atom is 0.0485 e. The van der Waals surface area contributed by atoms with Crippen LogP contribution in [0.15, 0.2) is 48.5 Å². The minimum Gasteiger partial charge on any atom is -0.297 e. The third kappa shape index (κ3) is 1.95. The predicted molar refractivity (Wildman–Crippen MR) is 92.0 cm³/mol. The zero-order valence-corrected chi connectivity index (χ0v) is 13.7. The summed E-state index contributed by atoms with van der Waals surface area (Å²) in [5.41, 5.74) is 6.29. The van der Waals surface area contributed by atoms with Gasteiger partial charge in [0.25, 0.3) is 0 Å². The predicted octanol–water partition coefficient (Wildman–Crippen LogP) is 4.69. The zero-order valence-electron chi connectivity index (χ0n) is 13.7. The Morgan fingerprint density at radius 2 is 1.55 bits per heavy atom. The highest BCUT2D eigenvalue weighted by Crippen LogP contribution is 2.49. The lowest BCUT2D eigenvalue weighted by Gasteiger charge is -2.33. The molecule has 1 N–H and O–H groups in total. The SMILES string of the molecule is CCCCC12Cc3ccccc3CC(C)(N1)c1ccccc12. The molecule has 2 aromatic rings. The molecule has 0 radical (unpaired) electrons. The van der Waals surface area contributed by atoms with Crippen molar-refractivity contribution in [3.05, 3.63) is 70.8 Å². The lowest BCUT2D eigenvalue weighted by molar-refractivity contribution is 0.247. The van der Waals surface area contributed by atoms with Gasteiger partial charge in [0, 0.05) is 11.1 Å². The van der Waals surface area contributed by atoms with Crippen molar-refractivity contribution in [2.24, 2.45) is 0 Å². The van der Waals surface area contributed by atoms with Crippen molar-refractivity contribution >= 4 is 0 Å². The van der Waals surface area contributed by atoms with Crippen molar-refractivity contribution in [1.82, 2.24) is 5.32 Å². The summed E-state index contributed by atoms with van der Waals surface area (Å²) in [5.74, 6) is 0. The molecule has 2 atom stereocenters. The van der Waals surface area contributed by atoms with Crippen molar-refractivity contribution in [2.75, 3.05) is 0 Å². The van der Waals surface area contributed by atoms with Crippen LogP contribution in [0.3, 0.4) is 0 Å². The highest BCUT2D eigenvalue weighted by Gasteiger charge is 2.50. The maximum atomic E-state index is 4.09. The fraction of sp³-hybridized carbons (Fsp3) is 0.429. The molecule has 0 saturated carbocycles. The molecule has 22 heavy (non-hydrogen) atoms. The first-order valence-corrected chi connectivity index (χ1v) is 8.63. The van der Waals surface area contributed by atoms with Crippen LogP contribution >= 0.6 is 0 Å². The summed E-state index contributed by atoms with van der Waals surface area (Å²) in [6.45, 7) is 4.68. The van der Waals surface area contributed by atoms with Gasteiger partial charge in [-0.1, -0.05) is 68.3 Å². The molecular weight excluding hydrogens is 266 g/mol. The second kappa shape index (κ2) is 4.96. The van der Waals surface area contributed by atoms with E-state index < -0.39 is 0 Å². The first kappa shape index (κ1) is 14.0. The lowest BCUT2D eigenvalue weighted by Crippen LogP contribution is -2.46.